The van der Waals surface area contributed by atoms with Gasteiger partial charge in [0, 0.05) is 13.3 Å². The fourth-order valence-electron chi connectivity index (χ4n) is 3.54. The van der Waals surface area contributed by atoms with Crippen LogP contribution < -0.4 is 0 Å². The van der Waals surface area contributed by atoms with E-state index < -0.39 is 0 Å². The summed E-state index contributed by atoms with van der Waals surface area (Å²) in [5, 5.41) is 0. The van der Waals surface area contributed by atoms with Crippen molar-refractivity contribution in [3.05, 3.63) is 35.2 Å². The van der Waals surface area contributed by atoms with Crippen molar-refractivity contribution in [3.8, 4) is 0 Å². The Morgan fingerprint density at radius 2 is 2.13 bits per heavy atom. The summed E-state index contributed by atoms with van der Waals surface area (Å²) in [6.45, 7) is 18.3. The van der Waals surface area contributed by atoms with E-state index in [1.165, 1.54) is 18.4 Å². The first-order valence-corrected chi connectivity index (χ1v) is 9.17. The smallest absolute Gasteiger partial charge is 0.248 e. The highest BCUT2D eigenvalue weighted by Crippen LogP contribution is 2.39. The highest BCUT2D eigenvalue weighted by atomic mass is 16.6. The van der Waals surface area contributed by atoms with Crippen molar-refractivity contribution in [2.45, 2.75) is 90.4 Å². The third kappa shape index (κ3) is 5.21. The monoisotopic (exact) mass is 315 g/mol. The molecule has 1 unspecified atom stereocenters. The molecule has 2 aliphatic rings. The van der Waals surface area contributed by atoms with E-state index in [-0.39, 0.29) is 11.1 Å². The van der Waals surface area contributed by atoms with Crippen LogP contribution in [-0.4, -0.2) is 17.2 Å². The van der Waals surface area contributed by atoms with E-state index in [1.54, 1.807) is 0 Å². The van der Waals surface area contributed by atoms with Crippen molar-refractivity contribution >= 4 is 0 Å². The van der Waals surface area contributed by atoms with Gasteiger partial charge in [0.2, 0.25) is 5.54 Å². The van der Waals surface area contributed by atoms with Crippen molar-refractivity contribution in [1.82, 2.24) is 0 Å². The third-order valence-corrected chi connectivity index (χ3v) is 5.75. The molecule has 0 spiro atoms. The highest BCUT2D eigenvalue weighted by molar-refractivity contribution is 5.16. The average Bonchev–Trinajstić information content (AvgIpc) is 3.13. The van der Waals surface area contributed by atoms with Gasteiger partial charge in [-0.1, -0.05) is 24.6 Å². The number of ether oxygens (including phenoxy) is 1. The Morgan fingerprint density at radius 1 is 1.43 bits per heavy atom. The number of epoxide rings is 1. The molecular formula is C21H33NO. The minimum absolute atomic E-state index is 0.127. The Hall–Kier alpha value is -1.07. The second-order valence-corrected chi connectivity index (χ2v) is 8.38. The van der Waals surface area contributed by atoms with Crippen molar-refractivity contribution in [1.29, 1.82) is 0 Å². The van der Waals surface area contributed by atoms with Crippen LogP contribution in [0.5, 0.6) is 0 Å². The first-order chi connectivity index (χ1) is 10.8. The molecule has 0 N–H and O–H groups in total. The van der Waals surface area contributed by atoms with Crippen LogP contribution >= 0.6 is 0 Å². The Labute approximate surface area is 142 Å². The van der Waals surface area contributed by atoms with E-state index in [0.29, 0.717) is 17.9 Å². The standard InChI is InChI=1S/C21H33NO/c1-16(10-11-19-20(3,4)23-19)8-7-9-17(2)18-12-14-21(5,22-6)15-13-18/h8,12,14,17-19H,7,9-11,13,15H2,1-5H3/b16-8+/t17-,18+,19?,21+/m1/s1. The van der Waals surface area contributed by atoms with E-state index in [4.69, 9.17) is 11.3 Å². The minimum Gasteiger partial charge on any atom is -0.367 e. The van der Waals surface area contributed by atoms with Gasteiger partial charge in [-0.3, -0.25) is 0 Å². The molecule has 0 aromatic heterocycles. The molecule has 1 heterocycles. The molecule has 2 heteroatoms. The molecule has 1 fully saturated rings. The predicted molar refractivity (Wildman–Crippen MR) is 97.2 cm³/mol. The first kappa shape index (κ1) is 18.3. The molecule has 4 atom stereocenters. The first-order valence-electron chi connectivity index (χ1n) is 9.17. The fraction of sp³-hybridized carbons (Fsp3) is 0.762. The van der Waals surface area contributed by atoms with Crippen LogP contribution in [0.2, 0.25) is 0 Å². The zero-order valence-corrected chi connectivity index (χ0v) is 15.6. The van der Waals surface area contributed by atoms with Gasteiger partial charge in [-0.15, -0.1) is 0 Å². The van der Waals surface area contributed by atoms with E-state index in [2.05, 4.69) is 50.8 Å². The predicted octanol–water partition coefficient (Wildman–Crippen LogP) is 5.95. The summed E-state index contributed by atoms with van der Waals surface area (Å²) < 4.78 is 5.65. The van der Waals surface area contributed by atoms with Gasteiger partial charge >= 0.3 is 0 Å². The van der Waals surface area contributed by atoms with Gasteiger partial charge in [0.05, 0.1) is 11.7 Å². The summed E-state index contributed by atoms with van der Waals surface area (Å²) in [6.07, 6.45) is 14.2. The van der Waals surface area contributed by atoms with E-state index in [1.807, 2.05) is 6.92 Å². The zero-order valence-electron chi connectivity index (χ0n) is 15.6. The quantitative estimate of drug-likeness (QED) is 0.322. The molecule has 23 heavy (non-hydrogen) atoms. The van der Waals surface area contributed by atoms with Gasteiger partial charge in [0.1, 0.15) is 0 Å². The summed E-state index contributed by atoms with van der Waals surface area (Å²) in [4.78, 5) is 3.75. The van der Waals surface area contributed by atoms with Crippen LogP contribution in [0.4, 0.5) is 0 Å². The normalized spacial score (nSPS) is 34.0. The van der Waals surface area contributed by atoms with Crippen molar-refractivity contribution in [2.24, 2.45) is 11.8 Å². The molecule has 0 amide bonds. The van der Waals surface area contributed by atoms with Gasteiger partial charge in [-0.05, 0) is 70.8 Å². The van der Waals surface area contributed by atoms with Crippen LogP contribution in [0.15, 0.2) is 23.8 Å². The van der Waals surface area contributed by atoms with Gasteiger partial charge in [-0.2, -0.15) is 0 Å². The summed E-state index contributed by atoms with van der Waals surface area (Å²) in [7, 11) is 0. The molecule has 0 aromatic carbocycles. The molecule has 128 valence electrons. The number of nitrogens with zero attached hydrogens (tertiary/aromatic N) is 1. The van der Waals surface area contributed by atoms with Crippen molar-refractivity contribution in [3.63, 3.8) is 0 Å². The zero-order chi connectivity index (χ0) is 17.1. The average molecular weight is 316 g/mol. The van der Waals surface area contributed by atoms with Crippen molar-refractivity contribution < 1.29 is 4.74 Å². The Balaban J connectivity index is 1.68. The van der Waals surface area contributed by atoms with Gasteiger partial charge in [0.15, 0.2) is 0 Å². The molecule has 1 saturated heterocycles. The lowest BCUT2D eigenvalue weighted by Gasteiger charge is -2.27. The van der Waals surface area contributed by atoms with Gasteiger partial charge < -0.3 is 9.58 Å². The molecular weight excluding hydrogens is 282 g/mol. The maximum Gasteiger partial charge on any atom is 0.248 e. The number of hydrogen-bond acceptors (Lipinski definition) is 1. The maximum atomic E-state index is 7.28. The van der Waals surface area contributed by atoms with Gasteiger partial charge in [-0.25, -0.2) is 6.57 Å². The summed E-state index contributed by atoms with van der Waals surface area (Å²) >= 11 is 0. The molecule has 1 aliphatic carbocycles. The Bertz CT molecular complexity index is 510. The SMILES string of the molecule is [C-]#[N+][C@@]1(C)C=C[C@H]([C@H](C)CC/C=C(\C)CCC2OC2(C)C)CC1. The van der Waals surface area contributed by atoms with Gasteiger partial charge in [0.25, 0.3) is 0 Å². The van der Waals surface area contributed by atoms with Crippen LogP contribution in [-0.2, 0) is 4.74 Å². The third-order valence-electron chi connectivity index (χ3n) is 5.75. The highest BCUT2D eigenvalue weighted by Gasteiger charge is 2.46. The Kier molecular flexibility index (Phi) is 5.74. The summed E-state index contributed by atoms with van der Waals surface area (Å²) in [5.74, 6) is 1.36. The topological polar surface area (TPSA) is 16.9 Å². The summed E-state index contributed by atoms with van der Waals surface area (Å²) in [5.41, 5.74) is 1.39. The molecule has 2 nitrogen and oxygen atoms in total. The van der Waals surface area contributed by atoms with E-state index in [0.717, 1.165) is 25.7 Å². The Morgan fingerprint density at radius 3 is 2.65 bits per heavy atom. The summed E-state index contributed by atoms with van der Waals surface area (Å²) in [6, 6.07) is 0. The lowest BCUT2D eigenvalue weighted by Crippen LogP contribution is -2.24. The molecule has 2 rings (SSSR count). The molecule has 0 aromatic rings. The largest absolute Gasteiger partial charge is 0.367 e. The van der Waals surface area contributed by atoms with Crippen LogP contribution in [0, 0.1) is 18.4 Å². The molecule has 1 aliphatic heterocycles. The number of rotatable bonds is 7. The fourth-order valence-corrected chi connectivity index (χ4v) is 3.54. The minimum atomic E-state index is -0.245. The van der Waals surface area contributed by atoms with Crippen LogP contribution in [0.3, 0.4) is 0 Å². The number of allylic oxidation sites excluding steroid dienone is 3. The molecule has 0 radical (unpaired) electrons. The maximum absolute atomic E-state index is 7.28. The van der Waals surface area contributed by atoms with Crippen LogP contribution in [0.25, 0.3) is 4.85 Å². The lowest BCUT2D eigenvalue weighted by atomic mass is 9.77. The van der Waals surface area contributed by atoms with E-state index in [9.17, 15) is 0 Å². The second kappa shape index (κ2) is 7.22. The van der Waals surface area contributed by atoms with E-state index >= 15 is 0 Å². The van der Waals surface area contributed by atoms with Crippen molar-refractivity contribution in [2.75, 3.05) is 0 Å². The number of hydrogen-bond donors (Lipinski definition) is 0. The molecule has 0 bridgehead atoms. The second-order valence-electron chi connectivity index (χ2n) is 8.38. The molecule has 0 saturated carbocycles. The van der Waals surface area contributed by atoms with Crippen LogP contribution in [0.1, 0.15) is 73.1 Å². The lowest BCUT2D eigenvalue weighted by molar-refractivity contribution is 0.320.